The van der Waals surface area contributed by atoms with Crippen LogP contribution < -0.4 is 5.32 Å². The maximum absolute atomic E-state index is 12.8. The van der Waals surface area contributed by atoms with Gasteiger partial charge >= 0.3 is 0 Å². The van der Waals surface area contributed by atoms with E-state index in [-0.39, 0.29) is 11.8 Å². The molecule has 4 nitrogen and oxygen atoms in total. The van der Waals surface area contributed by atoms with Gasteiger partial charge in [0.25, 0.3) is 5.91 Å². The van der Waals surface area contributed by atoms with Crippen LogP contribution in [0, 0.1) is 0 Å². The minimum Gasteiger partial charge on any atom is -0.340 e. The van der Waals surface area contributed by atoms with Gasteiger partial charge in [-0.15, -0.1) is 0 Å². The van der Waals surface area contributed by atoms with Crippen molar-refractivity contribution in [3.05, 3.63) is 0 Å². The van der Waals surface area contributed by atoms with Gasteiger partial charge in [0, 0.05) is 5.75 Å². The van der Waals surface area contributed by atoms with E-state index in [4.69, 9.17) is 0 Å². The van der Waals surface area contributed by atoms with Crippen molar-refractivity contribution in [1.29, 1.82) is 0 Å². The number of carbonyl (C=O) groups excluding carboxylic acids is 2. The molecule has 3 fully saturated rings. The van der Waals surface area contributed by atoms with Gasteiger partial charge in [-0.1, -0.05) is 19.3 Å². The lowest BCUT2D eigenvalue weighted by Crippen LogP contribution is -2.74. The normalized spacial score (nSPS) is 35.3. The molecule has 1 spiro atoms. The number of carbonyl (C=O) groups is 2. The first-order chi connectivity index (χ1) is 8.58. The second-order valence-electron chi connectivity index (χ2n) is 5.91. The number of rotatable bonds is 0. The molecule has 18 heavy (non-hydrogen) atoms. The van der Waals surface area contributed by atoms with Crippen LogP contribution in [0.2, 0.25) is 0 Å². The lowest BCUT2D eigenvalue weighted by atomic mass is 9.76. The Labute approximate surface area is 112 Å². The van der Waals surface area contributed by atoms with E-state index in [2.05, 4.69) is 5.32 Å². The molecular weight excluding hydrogens is 248 g/mol. The quantitative estimate of drug-likeness (QED) is 0.682. The van der Waals surface area contributed by atoms with Crippen LogP contribution in [0.5, 0.6) is 0 Å². The number of fused-ring (bicyclic) bond motifs is 1. The second kappa shape index (κ2) is 4.15. The Morgan fingerprint density at radius 3 is 2.56 bits per heavy atom. The zero-order valence-electron chi connectivity index (χ0n) is 10.8. The van der Waals surface area contributed by atoms with E-state index in [0.29, 0.717) is 0 Å². The summed E-state index contributed by atoms with van der Waals surface area (Å²) >= 11 is 1.55. The molecule has 100 valence electrons. The Hall–Kier alpha value is -0.710. The number of hydrogen-bond donors (Lipinski definition) is 1. The topological polar surface area (TPSA) is 49.4 Å². The monoisotopic (exact) mass is 268 g/mol. The van der Waals surface area contributed by atoms with Crippen LogP contribution in [0.3, 0.4) is 0 Å². The average molecular weight is 268 g/mol. The Bertz CT molecular complexity index is 392. The highest BCUT2D eigenvalue weighted by molar-refractivity contribution is 7.97. The van der Waals surface area contributed by atoms with Crippen molar-refractivity contribution in [1.82, 2.24) is 9.62 Å². The van der Waals surface area contributed by atoms with Crippen molar-refractivity contribution in [2.75, 3.05) is 5.75 Å². The Kier molecular flexibility index (Phi) is 2.84. The van der Waals surface area contributed by atoms with Crippen molar-refractivity contribution in [3.63, 3.8) is 0 Å². The minimum atomic E-state index is -0.622. The molecule has 0 aromatic rings. The minimum absolute atomic E-state index is 0.0520. The lowest BCUT2D eigenvalue weighted by Gasteiger charge is -2.53. The highest BCUT2D eigenvalue weighted by Crippen LogP contribution is 2.43. The SMILES string of the molecule is C[C@@]12CCCSN1C(=O)C1(CCCCC1)NC2=O. The van der Waals surface area contributed by atoms with E-state index in [9.17, 15) is 9.59 Å². The van der Waals surface area contributed by atoms with Crippen molar-refractivity contribution in [3.8, 4) is 0 Å². The molecule has 0 radical (unpaired) electrons. The van der Waals surface area contributed by atoms with Gasteiger partial charge in [-0.3, -0.25) is 13.9 Å². The fourth-order valence-electron chi connectivity index (χ4n) is 3.40. The van der Waals surface area contributed by atoms with Crippen LogP contribution in [0.4, 0.5) is 0 Å². The summed E-state index contributed by atoms with van der Waals surface area (Å²) in [5.74, 6) is 1.15. The summed E-state index contributed by atoms with van der Waals surface area (Å²) in [5, 5.41) is 3.08. The largest absolute Gasteiger partial charge is 0.340 e. The molecule has 0 unspecified atom stereocenters. The molecule has 2 heterocycles. The number of nitrogens with zero attached hydrogens (tertiary/aromatic N) is 1. The predicted octanol–water partition coefficient (Wildman–Crippen LogP) is 1.85. The summed E-state index contributed by atoms with van der Waals surface area (Å²) in [4.78, 5) is 25.2. The predicted molar refractivity (Wildman–Crippen MR) is 70.9 cm³/mol. The van der Waals surface area contributed by atoms with Gasteiger partial charge in [0.15, 0.2) is 0 Å². The van der Waals surface area contributed by atoms with E-state index in [1.54, 1.807) is 16.3 Å². The van der Waals surface area contributed by atoms with Gasteiger partial charge in [0.2, 0.25) is 5.91 Å². The van der Waals surface area contributed by atoms with Gasteiger partial charge in [-0.2, -0.15) is 0 Å². The summed E-state index contributed by atoms with van der Waals surface area (Å²) in [6.07, 6.45) is 6.67. The first-order valence-electron chi connectivity index (χ1n) is 6.89. The van der Waals surface area contributed by atoms with Crippen LogP contribution in [0.25, 0.3) is 0 Å². The van der Waals surface area contributed by atoms with Crippen molar-refractivity contribution in [2.24, 2.45) is 0 Å². The van der Waals surface area contributed by atoms with Crippen LogP contribution in [0.1, 0.15) is 51.9 Å². The third kappa shape index (κ3) is 1.59. The molecule has 1 aliphatic carbocycles. The molecule has 2 saturated heterocycles. The fraction of sp³-hybridized carbons (Fsp3) is 0.846. The molecule has 0 aromatic heterocycles. The first kappa shape index (κ1) is 12.3. The van der Waals surface area contributed by atoms with E-state index >= 15 is 0 Å². The van der Waals surface area contributed by atoms with Crippen molar-refractivity contribution < 1.29 is 9.59 Å². The van der Waals surface area contributed by atoms with Gasteiger partial charge < -0.3 is 5.32 Å². The van der Waals surface area contributed by atoms with Crippen molar-refractivity contribution >= 4 is 23.8 Å². The maximum Gasteiger partial charge on any atom is 0.259 e. The summed E-state index contributed by atoms with van der Waals surface area (Å²) in [6.45, 7) is 1.90. The zero-order chi connectivity index (χ0) is 12.8. The third-order valence-electron chi connectivity index (χ3n) is 4.62. The van der Waals surface area contributed by atoms with Crippen LogP contribution in [0.15, 0.2) is 0 Å². The molecule has 3 rings (SSSR count). The molecule has 0 bridgehead atoms. The van der Waals surface area contributed by atoms with Crippen LogP contribution >= 0.6 is 11.9 Å². The number of piperazine rings is 1. The first-order valence-corrected chi connectivity index (χ1v) is 7.83. The standard InChI is InChI=1S/C13H20N2O2S/c1-12-6-5-9-18-15(12)11(17)13(14-10(12)16)7-3-2-4-8-13/h2-9H2,1H3,(H,14,16)/t12-/m0/s1. The second-order valence-corrected chi connectivity index (χ2v) is 6.94. The molecule has 1 atom stereocenters. The molecular formula is C13H20N2O2S. The Morgan fingerprint density at radius 1 is 1.11 bits per heavy atom. The van der Waals surface area contributed by atoms with E-state index in [1.165, 1.54) is 6.42 Å². The average Bonchev–Trinajstić information content (AvgIpc) is 2.38. The molecule has 2 amide bonds. The smallest absolute Gasteiger partial charge is 0.259 e. The molecule has 5 heteroatoms. The fourth-order valence-corrected chi connectivity index (χ4v) is 4.61. The van der Waals surface area contributed by atoms with E-state index < -0.39 is 11.1 Å². The number of nitrogens with one attached hydrogen (secondary N) is 1. The van der Waals surface area contributed by atoms with Crippen LogP contribution in [-0.2, 0) is 9.59 Å². The maximum atomic E-state index is 12.8. The Balaban J connectivity index is 1.94. The Morgan fingerprint density at radius 2 is 1.83 bits per heavy atom. The summed E-state index contributed by atoms with van der Waals surface area (Å²) in [5.41, 5.74) is -1.21. The number of hydrogen-bond acceptors (Lipinski definition) is 3. The molecule has 1 saturated carbocycles. The highest BCUT2D eigenvalue weighted by Gasteiger charge is 2.57. The third-order valence-corrected chi connectivity index (χ3v) is 5.92. The van der Waals surface area contributed by atoms with E-state index in [0.717, 1.165) is 44.3 Å². The van der Waals surface area contributed by atoms with Crippen LogP contribution in [-0.4, -0.2) is 33.0 Å². The lowest BCUT2D eigenvalue weighted by molar-refractivity contribution is -0.156. The van der Waals surface area contributed by atoms with Gasteiger partial charge in [0.05, 0.1) is 0 Å². The summed E-state index contributed by atoms with van der Waals surface area (Å²) < 4.78 is 1.79. The zero-order valence-corrected chi connectivity index (χ0v) is 11.6. The molecule has 3 aliphatic rings. The number of amides is 2. The van der Waals surface area contributed by atoms with Gasteiger partial charge in [-0.05, 0) is 44.6 Å². The molecule has 0 aromatic carbocycles. The molecule has 2 aliphatic heterocycles. The summed E-state index contributed by atoms with van der Waals surface area (Å²) in [6, 6.07) is 0. The van der Waals surface area contributed by atoms with Gasteiger partial charge in [-0.25, -0.2) is 0 Å². The van der Waals surface area contributed by atoms with E-state index in [1.807, 2.05) is 6.92 Å². The highest BCUT2D eigenvalue weighted by atomic mass is 32.2. The summed E-state index contributed by atoms with van der Waals surface area (Å²) in [7, 11) is 0. The van der Waals surface area contributed by atoms with Crippen molar-refractivity contribution in [2.45, 2.75) is 62.9 Å². The van der Waals surface area contributed by atoms with Gasteiger partial charge in [0.1, 0.15) is 11.1 Å². The molecule has 1 N–H and O–H groups in total.